The molecule has 1 heterocycles. The van der Waals surface area contributed by atoms with Gasteiger partial charge in [0.15, 0.2) is 11.6 Å². The highest BCUT2D eigenvalue weighted by Gasteiger charge is 2.09. The highest BCUT2D eigenvalue weighted by molar-refractivity contribution is 9.10. The second kappa shape index (κ2) is 5.92. The molecule has 1 amide bonds. The minimum Gasteiger partial charge on any atom is -0.350 e. The summed E-state index contributed by atoms with van der Waals surface area (Å²) in [4.78, 5) is 11.7. The standard InChI is InChI=1S/C12H10BrF2N3O/c13-9-6-17-18(7-9)4-3-16-12(19)8-1-2-10(14)11(15)5-8/h1-2,5-7H,3-4H2,(H,16,19). The van der Waals surface area contributed by atoms with Crippen LogP contribution in [0.4, 0.5) is 8.78 Å². The van der Waals surface area contributed by atoms with Gasteiger partial charge in [0.2, 0.25) is 0 Å². The highest BCUT2D eigenvalue weighted by atomic mass is 79.9. The number of nitrogens with one attached hydrogen (secondary N) is 1. The Balaban J connectivity index is 1.89. The van der Waals surface area contributed by atoms with Crippen LogP contribution in [0.5, 0.6) is 0 Å². The number of amides is 1. The molecule has 1 aromatic heterocycles. The summed E-state index contributed by atoms with van der Waals surface area (Å²) < 4.78 is 28.2. The zero-order valence-corrected chi connectivity index (χ0v) is 11.3. The molecule has 0 radical (unpaired) electrons. The van der Waals surface area contributed by atoms with Crippen molar-refractivity contribution in [2.45, 2.75) is 6.54 Å². The third-order valence-corrected chi connectivity index (χ3v) is 2.82. The molecule has 0 bridgehead atoms. The Kier molecular flexibility index (Phi) is 4.26. The SMILES string of the molecule is O=C(NCCn1cc(Br)cn1)c1ccc(F)c(F)c1. The Bertz CT molecular complexity index is 600. The van der Waals surface area contributed by atoms with Gasteiger partial charge in [0.25, 0.3) is 5.91 Å². The van der Waals surface area contributed by atoms with Crippen LogP contribution in [0.25, 0.3) is 0 Å². The van der Waals surface area contributed by atoms with E-state index in [9.17, 15) is 13.6 Å². The monoisotopic (exact) mass is 329 g/mol. The van der Waals surface area contributed by atoms with E-state index in [1.807, 2.05) is 0 Å². The van der Waals surface area contributed by atoms with Gasteiger partial charge in [-0.3, -0.25) is 9.48 Å². The number of nitrogens with zero attached hydrogens (tertiary/aromatic N) is 2. The molecule has 0 unspecified atom stereocenters. The predicted octanol–water partition coefficient (Wildman–Crippen LogP) is 2.35. The summed E-state index contributed by atoms with van der Waals surface area (Å²) in [6, 6.07) is 3.03. The number of hydrogen-bond donors (Lipinski definition) is 1. The number of carbonyl (C=O) groups excluding carboxylic acids is 1. The van der Waals surface area contributed by atoms with Crippen molar-refractivity contribution in [3.05, 3.63) is 52.3 Å². The summed E-state index contributed by atoms with van der Waals surface area (Å²) in [5.41, 5.74) is 0.0838. The minimum absolute atomic E-state index is 0.0838. The van der Waals surface area contributed by atoms with E-state index in [0.29, 0.717) is 13.1 Å². The van der Waals surface area contributed by atoms with Crippen LogP contribution in [-0.2, 0) is 6.54 Å². The van der Waals surface area contributed by atoms with Crippen molar-refractivity contribution in [2.75, 3.05) is 6.54 Å². The fourth-order valence-electron chi connectivity index (χ4n) is 1.48. The van der Waals surface area contributed by atoms with Gasteiger partial charge in [0.1, 0.15) is 0 Å². The number of benzene rings is 1. The van der Waals surface area contributed by atoms with Crippen LogP contribution in [0.1, 0.15) is 10.4 Å². The number of halogens is 3. The van der Waals surface area contributed by atoms with Gasteiger partial charge in [-0.2, -0.15) is 5.10 Å². The van der Waals surface area contributed by atoms with Crippen molar-refractivity contribution >= 4 is 21.8 Å². The van der Waals surface area contributed by atoms with Crippen LogP contribution >= 0.6 is 15.9 Å². The zero-order chi connectivity index (χ0) is 13.8. The first-order valence-electron chi connectivity index (χ1n) is 5.47. The first-order chi connectivity index (χ1) is 9.06. The molecule has 1 aromatic carbocycles. The Labute approximate surface area is 116 Å². The molecule has 0 aliphatic rings. The van der Waals surface area contributed by atoms with Crippen molar-refractivity contribution in [2.24, 2.45) is 0 Å². The van der Waals surface area contributed by atoms with Crippen LogP contribution in [0.15, 0.2) is 35.1 Å². The zero-order valence-electron chi connectivity index (χ0n) is 9.74. The topological polar surface area (TPSA) is 46.9 Å². The van der Waals surface area contributed by atoms with Crippen LogP contribution in [0.3, 0.4) is 0 Å². The van der Waals surface area contributed by atoms with Gasteiger partial charge in [-0.05, 0) is 34.1 Å². The fraction of sp³-hybridized carbons (Fsp3) is 0.167. The molecular weight excluding hydrogens is 320 g/mol. The van der Waals surface area contributed by atoms with E-state index in [0.717, 1.165) is 16.6 Å². The third-order valence-electron chi connectivity index (χ3n) is 2.41. The summed E-state index contributed by atoms with van der Waals surface area (Å²) >= 11 is 3.26. The van der Waals surface area contributed by atoms with Crippen LogP contribution in [0.2, 0.25) is 0 Å². The van der Waals surface area contributed by atoms with Crippen LogP contribution < -0.4 is 5.32 Å². The summed E-state index contributed by atoms with van der Waals surface area (Å²) in [5, 5.41) is 6.62. The largest absolute Gasteiger partial charge is 0.350 e. The van der Waals surface area contributed by atoms with Gasteiger partial charge in [-0.15, -0.1) is 0 Å². The lowest BCUT2D eigenvalue weighted by atomic mass is 10.2. The van der Waals surface area contributed by atoms with Crippen molar-refractivity contribution in [3.8, 4) is 0 Å². The number of aromatic nitrogens is 2. The summed E-state index contributed by atoms with van der Waals surface area (Å²) in [6.45, 7) is 0.826. The quantitative estimate of drug-likeness (QED) is 0.936. The lowest BCUT2D eigenvalue weighted by Crippen LogP contribution is -2.27. The molecule has 0 saturated carbocycles. The van der Waals surface area contributed by atoms with Crippen LogP contribution in [-0.4, -0.2) is 22.2 Å². The van der Waals surface area contributed by atoms with Crippen molar-refractivity contribution in [1.82, 2.24) is 15.1 Å². The van der Waals surface area contributed by atoms with Crippen molar-refractivity contribution in [1.29, 1.82) is 0 Å². The lowest BCUT2D eigenvalue weighted by Gasteiger charge is -2.05. The van der Waals surface area contributed by atoms with Gasteiger partial charge < -0.3 is 5.32 Å². The van der Waals surface area contributed by atoms with E-state index >= 15 is 0 Å². The second-order valence-corrected chi connectivity index (χ2v) is 4.72. The van der Waals surface area contributed by atoms with Gasteiger partial charge in [-0.25, -0.2) is 8.78 Å². The maximum absolute atomic E-state index is 13.0. The highest BCUT2D eigenvalue weighted by Crippen LogP contribution is 2.08. The molecule has 0 aliphatic heterocycles. The molecule has 1 N–H and O–H groups in total. The van der Waals surface area contributed by atoms with E-state index in [4.69, 9.17) is 0 Å². The van der Waals surface area contributed by atoms with E-state index in [1.54, 1.807) is 17.1 Å². The molecule has 100 valence electrons. The normalized spacial score (nSPS) is 10.5. The summed E-state index contributed by atoms with van der Waals surface area (Å²) in [7, 11) is 0. The molecule has 7 heteroatoms. The maximum Gasteiger partial charge on any atom is 0.251 e. The summed E-state index contributed by atoms with van der Waals surface area (Å²) in [5.74, 6) is -2.47. The molecule has 0 aliphatic carbocycles. The molecule has 19 heavy (non-hydrogen) atoms. The third kappa shape index (κ3) is 3.60. The first kappa shape index (κ1) is 13.7. The smallest absolute Gasteiger partial charge is 0.251 e. The maximum atomic E-state index is 13.0. The summed E-state index contributed by atoms with van der Waals surface area (Å²) in [6.07, 6.45) is 3.40. The molecule has 2 aromatic rings. The predicted molar refractivity (Wildman–Crippen MR) is 68.6 cm³/mol. The minimum atomic E-state index is -1.04. The number of rotatable bonds is 4. The van der Waals surface area contributed by atoms with Gasteiger partial charge in [0.05, 0.1) is 17.2 Å². The lowest BCUT2D eigenvalue weighted by molar-refractivity contribution is 0.0951. The van der Waals surface area contributed by atoms with E-state index in [1.165, 1.54) is 6.07 Å². The van der Waals surface area contributed by atoms with Crippen molar-refractivity contribution in [3.63, 3.8) is 0 Å². The fourth-order valence-corrected chi connectivity index (χ4v) is 1.81. The average molecular weight is 330 g/mol. The van der Waals surface area contributed by atoms with E-state index in [2.05, 4.69) is 26.3 Å². The van der Waals surface area contributed by atoms with E-state index in [-0.39, 0.29) is 5.56 Å². The van der Waals surface area contributed by atoms with Gasteiger partial charge in [0, 0.05) is 18.3 Å². The Hall–Kier alpha value is -1.76. The molecule has 0 spiro atoms. The van der Waals surface area contributed by atoms with E-state index < -0.39 is 17.5 Å². The molecule has 0 saturated heterocycles. The molecule has 2 rings (SSSR count). The van der Waals surface area contributed by atoms with Crippen LogP contribution in [0, 0.1) is 11.6 Å². The van der Waals surface area contributed by atoms with Gasteiger partial charge >= 0.3 is 0 Å². The van der Waals surface area contributed by atoms with Crippen molar-refractivity contribution < 1.29 is 13.6 Å². The van der Waals surface area contributed by atoms with Gasteiger partial charge in [-0.1, -0.05) is 0 Å². The average Bonchev–Trinajstić information content (AvgIpc) is 2.78. The first-order valence-corrected chi connectivity index (χ1v) is 6.27. The molecule has 4 nitrogen and oxygen atoms in total. The Morgan fingerprint density at radius 3 is 2.79 bits per heavy atom. The number of carbonyl (C=O) groups is 1. The Morgan fingerprint density at radius 1 is 1.37 bits per heavy atom. The second-order valence-electron chi connectivity index (χ2n) is 3.81. The number of hydrogen-bond acceptors (Lipinski definition) is 2. The molecule has 0 fully saturated rings. The molecular formula is C12H10BrF2N3O. The molecule has 0 atom stereocenters. The Morgan fingerprint density at radius 2 is 2.16 bits per heavy atom.